The zero-order chi connectivity index (χ0) is 33.9. The lowest BCUT2D eigenvalue weighted by molar-refractivity contribution is 0.0306. The molecule has 0 saturated carbocycles. The molecule has 0 aliphatic carbocycles. The van der Waals surface area contributed by atoms with Gasteiger partial charge in [0.2, 0.25) is 11.7 Å². The van der Waals surface area contributed by atoms with E-state index < -0.39 is 16.1 Å². The van der Waals surface area contributed by atoms with Gasteiger partial charge in [0.15, 0.2) is 35.6 Å². The van der Waals surface area contributed by atoms with Crippen LogP contribution in [0, 0.1) is 11.8 Å². The zero-order valence-electron chi connectivity index (χ0n) is 27.0. The molecule has 256 valence electrons. The van der Waals surface area contributed by atoms with Crippen molar-refractivity contribution in [3.63, 3.8) is 0 Å². The van der Waals surface area contributed by atoms with Crippen LogP contribution in [0.5, 0.6) is 23.1 Å². The highest BCUT2D eigenvalue weighted by molar-refractivity contribution is 7.92. The number of pyridine rings is 1. The van der Waals surface area contributed by atoms with Crippen LogP contribution in [0.25, 0.3) is 0 Å². The van der Waals surface area contributed by atoms with Crippen LogP contribution in [0.2, 0.25) is 0 Å². The zero-order valence-corrected chi connectivity index (χ0v) is 27.8. The molecule has 0 spiro atoms. The van der Waals surface area contributed by atoms with Crippen LogP contribution in [0.3, 0.4) is 0 Å². The van der Waals surface area contributed by atoms with E-state index in [1.54, 1.807) is 35.2 Å². The Morgan fingerprint density at radius 1 is 0.958 bits per heavy atom. The molecule has 2 aromatic heterocycles. The number of carbonyl (C=O) groups excluding carboxylic acids is 1. The second-order valence-corrected chi connectivity index (χ2v) is 12.5. The molecule has 4 heterocycles. The number of anilines is 2. The van der Waals surface area contributed by atoms with Gasteiger partial charge in [-0.25, -0.2) is 9.78 Å². The summed E-state index contributed by atoms with van der Waals surface area (Å²) in [4.78, 5) is 29.0. The van der Waals surface area contributed by atoms with Crippen molar-refractivity contribution in [3.05, 3.63) is 48.2 Å². The molecule has 1 N–H and O–H groups in total. The molecule has 2 saturated heterocycles. The summed E-state index contributed by atoms with van der Waals surface area (Å²) in [6.45, 7) is 7.24. The highest BCUT2D eigenvalue weighted by Gasteiger charge is 2.28. The second kappa shape index (κ2) is 16.3. The Morgan fingerprint density at radius 2 is 1.65 bits per heavy atom. The fraction of sp³-hybridized carbons (Fsp3) is 0.438. The van der Waals surface area contributed by atoms with Gasteiger partial charge in [0.1, 0.15) is 0 Å². The molecule has 0 radical (unpaired) electrons. The highest BCUT2D eigenvalue weighted by Crippen LogP contribution is 2.41. The van der Waals surface area contributed by atoms with E-state index in [0.29, 0.717) is 58.4 Å². The van der Waals surface area contributed by atoms with Gasteiger partial charge in [0.05, 0.1) is 33.5 Å². The number of nitrogens with one attached hydrogen (secondary N) is 1. The molecule has 0 bridgehead atoms. The molecule has 1 amide bonds. The van der Waals surface area contributed by atoms with Gasteiger partial charge in [0, 0.05) is 32.4 Å². The van der Waals surface area contributed by atoms with Gasteiger partial charge in [-0.2, -0.15) is 18.4 Å². The van der Waals surface area contributed by atoms with Gasteiger partial charge in [-0.1, -0.05) is 43.9 Å². The maximum Gasteiger partial charge on any atom is 0.410 e. The molecular formula is C32H38N6O9S. The molecule has 2 fully saturated rings. The van der Waals surface area contributed by atoms with E-state index in [1.165, 1.54) is 19.4 Å². The number of morpholine rings is 2. The van der Waals surface area contributed by atoms with Crippen molar-refractivity contribution in [2.24, 2.45) is 0 Å². The molecule has 0 atom stereocenters. The lowest BCUT2D eigenvalue weighted by Crippen LogP contribution is -2.41. The van der Waals surface area contributed by atoms with Crippen molar-refractivity contribution >= 4 is 27.9 Å². The minimum absolute atomic E-state index is 0.0853. The largest absolute Gasteiger partial charge is 0.493 e. The normalized spacial score (nSPS) is 14.9. The number of methoxy groups -OCH3 is 1. The number of ether oxygens (including phenoxy) is 6. The predicted molar refractivity (Wildman–Crippen MR) is 174 cm³/mol. The van der Waals surface area contributed by atoms with Crippen molar-refractivity contribution in [3.8, 4) is 35.0 Å². The smallest absolute Gasteiger partial charge is 0.410 e. The molecule has 1 aromatic carbocycles. The van der Waals surface area contributed by atoms with Gasteiger partial charge in [-0.3, -0.25) is 4.72 Å². The summed E-state index contributed by atoms with van der Waals surface area (Å²) < 4.78 is 63.4. The van der Waals surface area contributed by atoms with Crippen LogP contribution in [0.1, 0.15) is 25.3 Å². The SMILES string of the molecule is COc1ccccc1Oc1c(NS(=O)(=O)c2ccc(C(C)C)cn2)nc(N2CCOCC2)nc1OCC#CCOC(=O)N1CCOCC1. The third-order valence-electron chi connectivity index (χ3n) is 7.27. The van der Waals surface area contributed by atoms with Crippen molar-refractivity contribution in [2.45, 2.75) is 24.8 Å². The number of hydrogen-bond donors (Lipinski definition) is 1. The van der Waals surface area contributed by atoms with Gasteiger partial charge in [-0.15, -0.1) is 0 Å². The lowest BCUT2D eigenvalue weighted by Gasteiger charge is -2.28. The number of hydrogen-bond acceptors (Lipinski definition) is 13. The molecule has 15 nitrogen and oxygen atoms in total. The molecule has 3 aromatic rings. The Morgan fingerprint density at radius 3 is 2.31 bits per heavy atom. The van der Waals surface area contributed by atoms with Crippen LogP contribution in [-0.2, 0) is 24.2 Å². The van der Waals surface area contributed by atoms with E-state index in [2.05, 4.69) is 31.5 Å². The number of nitrogens with zero attached hydrogens (tertiary/aromatic N) is 5. The Hall–Kier alpha value is -4.85. The Balaban J connectivity index is 1.46. The summed E-state index contributed by atoms with van der Waals surface area (Å²) in [6.07, 6.45) is 1.05. The summed E-state index contributed by atoms with van der Waals surface area (Å²) in [5.41, 5.74) is 0.887. The van der Waals surface area contributed by atoms with E-state index in [4.69, 9.17) is 28.4 Å². The number of sulfonamides is 1. The molecule has 2 aliphatic heterocycles. The van der Waals surface area contributed by atoms with Crippen LogP contribution in [-0.4, -0.2) is 107 Å². The van der Waals surface area contributed by atoms with E-state index in [9.17, 15) is 13.2 Å². The van der Waals surface area contributed by atoms with E-state index in [-0.39, 0.29) is 53.3 Å². The van der Waals surface area contributed by atoms with Gasteiger partial charge < -0.3 is 38.2 Å². The number of para-hydroxylation sites is 2. The summed E-state index contributed by atoms with van der Waals surface area (Å²) in [6, 6.07) is 9.97. The standard InChI is InChI=1S/C32H38N6O9S/c1-23(2)24-10-11-27(33-22-24)48(40,41)36-29-28(47-26-9-5-4-8-25(26)42-3)30(35-31(34-29)37-12-18-43-19-13-37)45-16-6-7-17-46-32(39)38-14-20-44-21-15-38/h4-5,8-11,22-23H,12-21H2,1-3H3,(H,34,35,36). The average molecular weight is 683 g/mol. The molecule has 48 heavy (non-hydrogen) atoms. The summed E-state index contributed by atoms with van der Waals surface area (Å²) in [7, 11) is -2.77. The monoisotopic (exact) mass is 682 g/mol. The van der Waals surface area contributed by atoms with E-state index in [1.807, 2.05) is 18.7 Å². The third-order valence-corrected chi connectivity index (χ3v) is 8.53. The van der Waals surface area contributed by atoms with Crippen molar-refractivity contribution in [1.29, 1.82) is 0 Å². The summed E-state index contributed by atoms with van der Waals surface area (Å²) in [5, 5.41) is -0.207. The highest BCUT2D eigenvalue weighted by atomic mass is 32.2. The summed E-state index contributed by atoms with van der Waals surface area (Å²) >= 11 is 0. The topological polar surface area (TPSA) is 164 Å². The van der Waals surface area contributed by atoms with Crippen molar-refractivity contribution in [1.82, 2.24) is 19.9 Å². The van der Waals surface area contributed by atoms with Crippen molar-refractivity contribution in [2.75, 3.05) is 82.6 Å². The molecule has 0 unspecified atom stereocenters. The minimum atomic E-state index is -4.25. The fourth-order valence-electron chi connectivity index (χ4n) is 4.61. The molecule has 5 rings (SSSR count). The van der Waals surface area contributed by atoms with Crippen LogP contribution in [0.15, 0.2) is 47.6 Å². The number of rotatable bonds is 11. The van der Waals surface area contributed by atoms with E-state index in [0.717, 1.165) is 5.56 Å². The first-order chi connectivity index (χ1) is 23.2. The third kappa shape index (κ3) is 8.94. The first kappa shape index (κ1) is 34.5. The first-order valence-electron chi connectivity index (χ1n) is 15.4. The van der Waals surface area contributed by atoms with Gasteiger partial charge >= 0.3 is 6.09 Å². The molecule has 16 heteroatoms. The fourth-order valence-corrected chi connectivity index (χ4v) is 5.54. The van der Waals surface area contributed by atoms with E-state index >= 15 is 0 Å². The molecular weight excluding hydrogens is 644 g/mol. The Kier molecular flexibility index (Phi) is 11.7. The van der Waals surface area contributed by atoms with Crippen LogP contribution >= 0.6 is 0 Å². The number of amides is 1. The van der Waals surface area contributed by atoms with Crippen LogP contribution < -0.4 is 23.8 Å². The minimum Gasteiger partial charge on any atom is -0.493 e. The number of carbonyl (C=O) groups is 1. The Labute approximate surface area is 279 Å². The maximum atomic E-state index is 13.6. The Bertz CT molecular complexity index is 1720. The van der Waals surface area contributed by atoms with Gasteiger partial charge in [0.25, 0.3) is 15.9 Å². The summed E-state index contributed by atoms with van der Waals surface area (Å²) in [5.74, 6) is 6.14. The second-order valence-electron chi connectivity index (χ2n) is 10.8. The first-order valence-corrected chi connectivity index (χ1v) is 16.9. The number of benzene rings is 1. The quantitative estimate of drug-likeness (QED) is 0.294. The predicted octanol–water partition coefficient (Wildman–Crippen LogP) is 3.28. The van der Waals surface area contributed by atoms with Crippen molar-refractivity contribution < 1.29 is 41.6 Å². The average Bonchev–Trinajstić information content (AvgIpc) is 3.11. The maximum absolute atomic E-state index is 13.6. The lowest BCUT2D eigenvalue weighted by atomic mass is 10.1. The molecule has 2 aliphatic rings. The van der Waals surface area contributed by atoms with Gasteiger partial charge in [-0.05, 0) is 29.7 Å². The van der Waals surface area contributed by atoms with Crippen LogP contribution in [0.4, 0.5) is 16.6 Å². The number of aromatic nitrogens is 3.